The number of hydrogen-bond donors (Lipinski definition) is 1. The van der Waals surface area contributed by atoms with Crippen LogP contribution in [0.4, 0.5) is 5.13 Å². The van der Waals surface area contributed by atoms with Crippen molar-refractivity contribution in [1.29, 1.82) is 0 Å². The number of ether oxygens (including phenoxy) is 1. The molecule has 1 aliphatic rings. The molecule has 0 saturated heterocycles. The monoisotopic (exact) mass is 255 g/mol. The molecule has 96 valence electrons. The summed E-state index contributed by atoms with van der Waals surface area (Å²) in [7, 11) is 5.69. The number of methoxy groups -OCH3 is 1. The first kappa shape index (κ1) is 12.6. The predicted octanol–water partition coefficient (Wildman–Crippen LogP) is 2.11. The fourth-order valence-electron chi connectivity index (χ4n) is 2.09. The Morgan fingerprint density at radius 3 is 2.71 bits per heavy atom. The van der Waals surface area contributed by atoms with Crippen LogP contribution in [0.3, 0.4) is 0 Å². The van der Waals surface area contributed by atoms with Gasteiger partial charge in [-0.3, -0.25) is 0 Å². The Bertz CT molecular complexity index is 372. The minimum atomic E-state index is 0.680. The van der Waals surface area contributed by atoms with E-state index in [4.69, 9.17) is 4.74 Å². The van der Waals surface area contributed by atoms with Gasteiger partial charge in [0.1, 0.15) is 0 Å². The Labute approximate surface area is 107 Å². The van der Waals surface area contributed by atoms with Crippen molar-refractivity contribution in [2.24, 2.45) is 5.92 Å². The first-order valence-corrected chi connectivity index (χ1v) is 6.86. The smallest absolute Gasteiger partial charge is 0.230 e. The second-order valence-corrected chi connectivity index (χ2v) is 6.04. The molecule has 4 nitrogen and oxygen atoms in total. The third-order valence-corrected chi connectivity index (χ3v) is 4.36. The summed E-state index contributed by atoms with van der Waals surface area (Å²) in [6.45, 7) is 3.17. The van der Waals surface area contributed by atoms with E-state index in [-0.39, 0.29) is 0 Å². The largest absolute Gasteiger partial charge is 0.480 e. The fourth-order valence-corrected chi connectivity index (χ4v) is 3.00. The lowest BCUT2D eigenvalue weighted by Crippen LogP contribution is -2.39. The van der Waals surface area contributed by atoms with Crippen LogP contribution in [0.5, 0.6) is 5.88 Å². The number of nitrogens with zero attached hydrogens (tertiary/aromatic N) is 2. The Hall–Kier alpha value is -0.810. The SMILES string of the molecule is COc1nc(N(C)C)sc1CNC1CC(C)C1. The van der Waals surface area contributed by atoms with Crippen molar-refractivity contribution in [1.82, 2.24) is 10.3 Å². The number of anilines is 1. The normalized spacial score (nSPS) is 23.3. The van der Waals surface area contributed by atoms with E-state index in [1.807, 2.05) is 19.0 Å². The van der Waals surface area contributed by atoms with E-state index in [2.05, 4.69) is 17.2 Å². The quantitative estimate of drug-likeness (QED) is 0.874. The minimum Gasteiger partial charge on any atom is -0.480 e. The molecule has 1 aliphatic carbocycles. The maximum absolute atomic E-state index is 5.31. The summed E-state index contributed by atoms with van der Waals surface area (Å²) >= 11 is 1.70. The molecule has 17 heavy (non-hydrogen) atoms. The van der Waals surface area contributed by atoms with Crippen molar-refractivity contribution in [2.45, 2.75) is 32.4 Å². The zero-order chi connectivity index (χ0) is 12.4. The van der Waals surface area contributed by atoms with E-state index in [9.17, 15) is 0 Å². The molecule has 5 heteroatoms. The maximum Gasteiger partial charge on any atom is 0.230 e. The molecule has 1 aromatic heterocycles. The predicted molar refractivity (Wildman–Crippen MR) is 72.0 cm³/mol. The van der Waals surface area contributed by atoms with Crippen molar-refractivity contribution in [3.8, 4) is 5.88 Å². The van der Waals surface area contributed by atoms with E-state index < -0.39 is 0 Å². The van der Waals surface area contributed by atoms with Crippen LogP contribution in [0, 0.1) is 5.92 Å². The molecule has 2 rings (SSSR count). The highest BCUT2D eigenvalue weighted by atomic mass is 32.1. The van der Waals surface area contributed by atoms with Gasteiger partial charge in [-0.05, 0) is 18.8 Å². The van der Waals surface area contributed by atoms with Crippen LogP contribution in [-0.4, -0.2) is 32.2 Å². The molecule has 1 aromatic rings. The second kappa shape index (κ2) is 5.23. The molecule has 0 aromatic carbocycles. The van der Waals surface area contributed by atoms with Gasteiger partial charge < -0.3 is 15.0 Å². The molecule has 1 saturated carbocycles. The van der Waals surface area contributed by atoms with Gasteiger partial charge in [0.05, 0.1) is 12.0 Å². The van der Waals surface area contributed by atoms with Crippen molar-refractivity contribution < 1.29 is 4.74 Å². The Balaban J connectivity index is 1.94. The third kappa shape index (κ3) is 2.90. The van der Waals surface area contributed by atoms with Gasteiger partial charge in [-0.25, -0.2) is 0 Å². The standard InChI is InChI=1S/C12H21N3OS/c1-8-5-9(6-8)13-7-10-11(16-4)14-12(17-10)15(2)3/h8-9,13H,5-7H2,1-4H3. The van der Waals surface area contributed by atoms with Gasteiger partial charge in [0.2, 0.25) is 5.88 Å². The van der Waals surface area contributed by atoms with E-state index in [1.54, 1.807) is 18.4 Å². The molecular formula is C12H21N3OS. The average Bonchev–Trinajstić information content (AvgIpc) is 2.66. The first-order chi connectivity index (χ1) is 8.10. The lowest BCUT2D eigenvalue weighted by molar-refractivity contribution is 0.240. The molecule has 0 aliphatic heterocycles. The van der Waals surface area contributed by atoms with E-state index in [0.29, 0.717) is 6.04 Å². The lowest BCUT2D eigenvalue weighted by atomic mass is 9.82. The lowest BCUT2D eigenvalue weighted by Gasteiger charge is -2.33. The number of nitrogens with one attached hydrogen (secondary N) is 1. The van der Waals surface area contributed by atoms with E-state index in [1.165, 1.54) is 17.7 Å². The molecule has 1 N–H and O–H groups in total. The number of thiazole rings is 1. The summed E-state index contributed by atoms with van der Waals surface area (Å²) in [5.74, 6) is 1.65. The van der Waals surface area contributed by atoms with E-state index in [0.717, 1.165) is 23.5 Å². The highest BCUT2D eigenvalue weighted by Gasteiger charge is 2.25. The molecule has 0 atom stereocenters. The summed E-state index contributed by atoms with van der Waals surface area (Å²) in [5.41, 5.74) is 0. The first-order valence-electron chi connectivity index (χ1n) is 6.04. The maximum atomic E-state index is 5.31. The highest BCUT2D eigenvalue weighted by Crippen LogP contribution is 2.32. The van der Waals surface area contributed by atoms with Crippen LogP contribution in [0.2, 0.25) is 0 Å². The van der Waals surface area contributed by atoms with Crippen LogP contribution >= 0.6 is 11.3 Å². The van der Waals surface area contributed by atoms with Gasteiger partial charge in [-0.1, -0.05) is 18.3 Å². The summed E-state index contributed by atoms with van der Waals surface area (Å²) in [6.07, 6.45) is 2.59. The minimum absolute atomic E-state index is 0.680. The molecule has 1 heterocycles. The van der Waals surface area contributed by atoms with E-state index >= 15 is 0 Å². The molecule has 0 unspecified atom stereocenters. The summed E-state index contributed by atoms with van der Waals surface area (Å²) < 4.78 is 5.31. The summed E-state index contributed by atoms with van der Waals surface area (Å²) in [5, 5.41) is 4.57. The number of rotatable bonds is 5. The Kier molecular flexibility index (Phi) is 3.89. The molecular weight excluding hydrogens is 234 g/mol. The number of hydrogen-bond acceptors (Lipinski definition) is 5. The van der Waals surface area contributed by atoms with Gasteiger partial charge >= 0.3 is 0 Å². The van der Waals surface area contributed by atoms with Gasteiger partial charge in [0.25, 0.3) is 0 Å². The zero-order valence-corrected chi connectivity index (χ0v) is 11.8. The summed E-state index contributed by atoms with van der Waals surface area (Å²) in [6, 6.07) is 0.680. The second-order valence-electron chi connectivity index (χ2n) is 4.98. The van der Waals surface area contributed by atoms with Crippen LogP contribution in [0.15, 0.2) is 0 Å². The van der Waals surface area contributed by atoms with Crippen molar-refractivity contribution in [3.63, 3.8) is 0 Å². The van der Waals surface area contributed by atoms with Gasteiger partial charge in [0.15, 0.2) is 5.13 Å². The Morgan fingerprint density at radius 1 is 1.47 bits per heavy atom. The molecule has 0 bridgehead atoms. The van der Waals surface area contributed by atoms with Crippen LogP contribution in [-0.2, 0) is 6.54 Å². The topological polar surface area (TPSA) is 37.4 Å². The van der Waals surface area contributed by atoms with Gasteiger partial charge in [-0.2, -0.15) is 4.98 Å². The Morgan fingerprint density at radius 2 is 2.18 bits per heavy atom. The van der Waals surface area contributed by atoms with Crippen molar-refractivity contribution in [3.05, 3.63) is 4.88 Å². The fraction of sp³-hybridized carbons (Fsp3) is 0.750. The van der Waals surface area contributed by atoms with Crippen molar-refractivity contribution >= 4 is 16.5 Å². The van der Waals surface area contributed by atoms with Gasteiger partial charge in [-0.15, -0.1) is 0 Å². The van der Waals surface area contributed by atoms with Crippen LogP contribution in [0.1, 0.15) is 24.6 Å². The highest BCUT2D eigenvalue weighted by molar-refractivity contribution is 7.15. The van der Waals surface area contributed by atoms with Crippen LogP contribution in [0.25, 0.3) is 0 Å². The third-order valence-electron chi connectivity index (χ3n) is 3.15. The molecule has 1 fully saturated rings. The molecule has 0 spiro atoms. The van der Waals surface area contributed by atoms with Crippen LogP contribution < -0.4 is 15.0 Å². The van der Waals surface area contributed by atoms with Gasteiger partial charge in [0, 0.05) is 26.7 Å². The molecule has 0 amide bonds. The van der Waals surface area contributed by atoms with Crippen molar-refractivity contribution in [2.75, 3.05) is 26.1 Å². The average molecular weight is 255 g/mol. The molecule has 0 radical (unpaired) electrons. The summed E-state index contributed by atoms with van der Waals surface area (Å²) in [4.78, 5) is 7.65. The zero-order valence-electron chi connectivity index (χ0n) is 11.0. The number of aromatic nitrogens is 1.